The first kappa shape index (κ1) is 21.3. The summed E-state index contributed by atoms with van der Waals surface area (Å²) in [6.07, 6.45) is 1.19. The normalized spacial score (nSPS) is 23.4. The lowest BCUT2D eigenvalue weighted by Crippen LogP contribution is -2.47. The second-order valence-corrected chi connectivity index (χ2v) is 8.41. The molecular weight excluding hydrogens is 410 g/mol. The molecule has 2 aromatic heterocycles. The minimum Gasteiger partial charge on any atom is -0.364 e. The van der Waals surface area contributed by atoms with E-state index in [0.717, 1.165) is 12.6 Å². The summed E-state index contributed by atoms with van der Waals surface area (Å²) >= 11 is 0. The van der Waals surface area contributed by atoms with E-state index in [9.17, 15) is 18.4 Å². The van der Waals surface area contributed by atoms with Gasteiger partial charge in [0.25, 0.3) is 11.8 Å². The van der Waals surface area contributed by atoms with Gasteiger partial charge in [-0.15, -0.1) is 0 Å². The number of anilines is 1. The van der Waals surface area contributed by atoms with E-state index in [4.69, 9.17) is 4.74 Å². The van der Waals surface area contributed by atoms with Crippen molar-refractivity contribution in [2.75, 3.05) is 11.9 Å². The molecule has 9 nitrogen and oxygen atoms in total. The van der Waals surface area contributed by atoms with Crippen LogP contribution in [-0.4, -0.2) is 50.6 Å². The molecule has 2 aliphatic heterocycles. The number of rotatable bonds is 4. The van der Waals surface area contributed by atoms with Crippen LogP contribution in [0, 0.1) is 6.92 Å². The zero-order valence-electron chi connectivity index (χ0n) is 17.8. The first-order valence-corrected chi connectivity index (χ1v) is 9.98. The second-order valence-electron chi connectivity index (χ2n) is 8.41. The van der Waals surface area contributed by atoms with E-state index in [-0.39, 0.29) is 24.0 Å². The van der Waals surface area contributed by atoms with Gasteiger partial charge in [-0.25, -0.2) is 23.4 Å². The molecule has 0 aromatic carbocycles. The van der Waals surface area contributed by atoms with E-state index in [2.05, 4.69) is 20.4 Å². The van der Waals surface area contributed by atoms with Gasteiger partial charge in [-0.2, -0.15) is 5.10 Å². The number of nitrogens with zero attached hydrogens (tertiary/aromatic N) is 5. The monoisotopic (exact) mass is 434 g/mol. The van der Waals surface area contributed by atoms with E-state index in [1.807, 2.05) is 6.92 Å². The van der Waals surface area contributed by atoms with Gasteiger partial charge in [0.15, 0.2) is 0 Å². The smallest absolute Gasteiger partial charge is 0.289 e. The van der Waals surface area contributed by atoms with Gasteiger partial charge < -0.3 is 10.1 Å². The molecule has 2 aliphatic rings. The third kappa shape index (κ3) is 4.01. The summed E-state index contributed by atoms with van der Waals surface area (Å²) in [5, 5.41) is 7.04. The molecule has 2 atom stereocenters. The second kappa shape index (κ2) is 7.33. The molecule has 0 unspecified atom stereocenters. The van der Waals surface area contributed by atoms with Crippen LogP contribution in [-0.2, 0) is 28.3 Å². The number of ether oxygens (including phenoxy) is 1. The lowest BCUT2D eigenvalue weighted by atomic mass is 9.94. The summed E-state index contributed by atoms with van der Waals surface area (Å²) in [5.74, 6) is -3.44. The number of amides is 2. The van der Waals surface area contributed by atoms with Crippen molar-refractivity contribution in [1.82, 2.24) is 25.1 Å². The highest BCUT2D eigenvalue weighted by Crippen LogP contribution is 2.41. The van der Waals surface area contributed by atoms with Crippen LogP contribution < -0.4 is 10.2 Å². The number of hydrogen-bond donors (Lipinski definition) is 1. The zero-order chi connectivity index (χ0) is 22.6. The fourth-order valence-corrected chi connectivity index (χ4v) is 4.16. The molecule has 2 amide bonds. The van der Waals surface area contributed by atoms with E-state index < -0.39 is 29.9 Å². The maximum atomic E-state index is 13.7. The molecule has 4 rings (SSSR count). The summed E-state index contributed by atoms with van der Waals surface area (Å²) in [5.41, 5.74) is 0.312. The molecule has 2 aromatic rings. The number of hydrogen-bond acceptors (Lipinski definition) is 6. The van der Waals surface area contributed by atoms with Gasteiger partial charge in [-0.3, -0.25) is 14.5 Å². The maximum Gasteiger partial charge on any atom is 0.289 e. The van der Waals surface area contributed by atoms with Crippen molar-refractivity contribution in [2.24, 2.45) is 0 Å². The van der Waals surface area contributed by atoms with E-state index in [1.165, 1.54) is 18.0 Å². The Hall–Kier alpha value is -2.95. The van der Waals surface area contributed by atoms with E-state index in [1.54, 1.807) is 17.8 Å². The first-order valence-electron chi connectivity index (χ1n) is 9.98. The predicted octanol–water partition coefficient (Wildman–Crippen LogP) is 1.94. The van der Waals surface area contributed by atoms with Gasteiger partial charge in [-0.05, 0) is 27.2 Å². The van der Waals surface area contributed by atoms with Crippen molar-refractivity contribution >= 4 is 17.6 Å². The Kier molecular flexibility index (Phi) is 5.03. The molecule has 31 heavy (non-hydrogen) atoms. The van der Waals surface area contributed by atoms with Gasteiger partial charge >= 0.3 is 0 Å². The Morgan fingerprint density at radius 1 is 1.45 bits per heavy atom. The van der Waals surface area contributed by atoms with Gasteiger partial charge in [-0.1, -0.05) is 0 Å². The molecule has 0 saturated heterocycles. The van der Waals surface area contributed by atoms with E-state index >= 15 is 0 Å². The number of aryl methyl sites for hydroxylation is 2. The Balaban J connectivity index is 1.54. The van der Waals surface area contributed by atoms with Crippen LogP contribution in [0.1, 0.15) is 54.3 Å². The van der Waals surface area contributed by atoms with Gasteiger partial charge in [0, 0.05) is 37.8 Å². The minimum absolute atomic E-state index is 0.0978. The largest absolute Gasteiger partial charge is 0.364 e. The summed E-state index contributed by atoms with van der Waals surface area (Å²) in [7, 11) is 1.62. The van der Waals surface area contributed by atoms with Crippen molar-refractivity contribution in [3.63, 3.8) is 0 Å². The molecule has 0 spiro atoms. The summed E-state index contributed by atoms with van der Waals surface area (Å²) in [6, 6.07) is 1.01. The first-order chi connectivity index (χ1) is 14.5. The lowest BCUT2D eigenvalue weighted by Gasteiger charge is -2.27. The standard InChI is InChI=1S/C20H24F2N6O3/c1-11-7-14-27(4)18(30)13(5-6-28(14)26-11)24-17(29)16-23-8-12-9-31-19(2,15(12)25-16)10-20(3,21)22/h7-8,13H,5-6,9-10H2,1-4H3,(H,24,29)/t13-,19-/m0/s1. The summed E-state index contributed by atoms with van der Waals surface area (Å²) in [4.78, 5) is 35.4. The molecule has 0 bridgehead atoms. The Morgan fingerprint density at radius 3 is 2.90 bits per heavy atom. The van der Waals surface area contributed by atoms with Crippen LogP contribution in [0.15, 0.2) is 12.3 Å². The van der Waals surface area contributed by atoms with Crippen molar-refractivity contribution in [1.29, 1.82) is 0 Å². The average Bonchev–Trinajstić information content (AvgIpc) is 3.19. The van der Waals surface area contributed by atoms with Crippen molar-refractivity contribution in [3.8, 4) is 0 Å². The fraction of sp³-hybridized carbons (Fsp3) is 0.550. The SMILES string of the molecule is Cc1cc2n(n1)CC[C@H](NC(=O)c1ncc3c(n1)[C@](C)(CC(C)(F)F)OC3)C(=O)N2C. The van der Waals surface area contributed by atoms with Crippen LogP contribution >= 0.6 is 0 Å². The zero-order valence-corrected chi connectivity index (χ0v) is 17.8. The summed E-state index contributed by atoms with van der Waals surface area (Å²) in [6.45, 7) is 4.73. The molecule has 4 heterocycles. The number of halogens is 2. The van der Waals surface area contributed by atoms with E-state index in [0.29, 0.717) is 24.3 Å². The van der Waals surface area contributed by atoms with Crippen LogP contribution in [0.25, 0.3) is 0 Å². The molecule has 1 N–H and O–H groups in total. The third-order valence-corrected chi connectivity index (χ3v) is 5.55. The molecule has 0 saturated carbocycles. The van der Waals surface area contributed by atoms with Crippen LogP contribution in [0.2, 0.25) is 0 Å². The number of aromatic nitrogens is 4. The predicted molar refractivity (Wildman–Crippen MR) is 106 cm³/mol. The van der Waals surface area contributed by atoms with Crippen LogP contribution in [0.4, 0.5) is 14.6 Å². The lowest BCUT2D eigenvalue weighted by molar-refractivity contribution is -0.120. The number of likely N-dealkylation sites (N-methyl/N-ethyl adjacent to an activating group) is 1. The average molecular weight is 434 g/mol. The Labute approximate surface area is 177 Å². The quantitative estimate of drug-likeness (QED) is 0.789. The highest BCUT2D eigenvalue weighted by Gasteiger charge is 2.44. The van der Waals surface area contributed by atoms with Crippen molar-refractivity contribution < 1.29 is 23.1 Å². The molecule has 11 heteroatoms. The number of nitrogens with one attached hydrogen (secondary N) is 1. The molecule has 166 valence electrons. The van der Waals surface area contributed by atoms with Gasteiger partial charge in [0.1, 0.15) is 17.5 Å². The Bertz CT molecular complexity index is 1050. The van der Waals surface area contributed by atoms with Crippen molar-refractivity contribution in [2.45, 2.75) is 64.3 Å². The molecular formula is C20H24F2N6O3. The number of carbonyl (C=O) groups excluding carboxylic acids is 2. The highest BCUT2D eigenvalue weighted by atomic mass is 19.3. The molecule has 0 radical (unpaired) electrons. The Morgan fingerprint density at radius 2 is 2.19 bits per heavy atom. The third-order valence-electron chi connectivity index (χ3n) is 5.55. The van der Waals surface area contributed by atoms with Crippen molar-refractivity contribution in [3.05, 3.63) is 35.0 Å². The van der Waals surface area contributed by atoms with Gasteiger partial charge in [0.05, 0.1) is 18.0 Å². The van der Waals surface area contributed by atoms with Crippen LogP contribution in [0.3, 0.4) is 0 Å². The number of fused-ring (bicyclic) bond motifs is 2. The minimum atomic E-state index is -2.97. The van der Waals surface area contributed by atoms with Gasteiger partial charge in [0.2, 0.25) is 11.7 Å². The number of alkyl halides is 2. The fourth-order valence-electron chi connectivity index (χ4n) is 4.16. The maximum absolute atomic E-state index is 13.7. The summed E-state index contributed by atoms with van der Waals surface area (Å²) < 4.78 is 34.6. The topological polar surface area (TPSA) is 102 Å². The van der Waals surface area contributed by atoms with Crippen LogP contribution in [0.5, 0.6) is 0 Å². The molecule has 0 fully saturated rings. The highest BCUT2D eigenvalue weighted by molar-refractivity contribution is 6.00. The number of carbonyl (C=O) groups is 2. The molecule has 0 aliphatic carbocycles.